The first-order chi connectivity index (χ1) is 11.9. The lowest BCUT2D eigenvalue weighted by Crippen LogP contribution is -2.52. The van der Waals surface area contributed by atoms with E-state index in [2.05, 4.69) is 61.9 Å². The zero-order chi connectivity index (χ0) is 16.6. The first-order valence-electron chi connectivity index (χ1n) is 8.66. The Kier molecular flexibility index (Phi) is 8.03. The Hall–Kier alpha value is -1.77. The van der Waals surface area contributed by atoms with Crippen LogP contribution in [0.1, 0.15) is 6.92 Å². The number of aromatic nitrogens is 2. The highest BCUT2D eigenvalue weighted by molar-refractivity contribution is 14.0. The van der Waals surface area contributed by atoms with Gasteiger partial charge in [0.25, 0.3) is 0 Å². The molecule has 3 rings (SSSR count). The van der Waals surface area contributed by atoms with Gasteiger partial charge >= 0.3 is 0 Å². The van der Waals surface area contributed by atoms with E-state index < -0.39 is 0 Å². The number of aliphatic imine (C=N–C) groups is 1. The van der Waals surface area contributed by atoms with E-state index in [1.54, 1.807) is 6.20 Å². The van der Waals surface area contributed by atoms with Crippen LogP contribution >= 0.6 is 24.0 Å². The molecule has 1 N–H and O–H groups in total. The molecule has 0 amide bonds. The SMILES string of the molecule is CCNC(=NCCn1ccnc1)N1CCN(c2ccccc2)CC1.I. The van der Waals surface area contributed by atoms with Gasteiger partial charge < -0.3 is 19.7 Å². The number of nitrogens with zero attached hydrogens (tertiary/aromatic N) is 5. The van der Waals surface area contributed by atoms with Crippen molar-refractivity contribution in [1.29, 1.82) is 0 Å². The van der Waals surface area contributed by atoms with Crippen LogP contribution in [-0.4, -0.2) is 59.7 Å². The topological polar surface area (TPSA) is 48.7 Å². The number of para-hydroxylation sites is 1. The molecule has 1 aliphatic heterocycles. The van der Waals surface area contributed by atoms with Crippen molar-refractivity contribution >= 4 is 35.6 Å². The van der Waals surface area contributed by atoms with Gasteiger partial charge in [-0.1, -0.05) is 18.2 Å². The molecule has 1 fully saturated rings. The summed E-state index contributed by atoms with van der Waals surface area (Å²) in [6, 6.07) is 10.6. The minimum absolute atomic E-state index is 0. The number of halogens is 1. The van der Waals surface area contributed by atoms with E-state index in [1.165, 1.54) is 5.69 Å². The van der Waals surface area contributed by atoms with E-state index in [4.69, 9.17) is 4.99 Å². The van der Waals surface area contributed by atoms with E-state index in [9.17, 15) is 0 Å². The highest BCUT2D eigenvalue weighted by Gasteiger charge is 2.19. The fraction of sp³-hybridized carbons (Fsp3) is 0.444. The lowest BCUT2D eigenvalue weighted by Gasteiger charge is -2.37. The first-order valence-corrected chi connectivity index (χ1v) is 8.66. The number of hydrogen-bond acceptors (Lipinski definition) is 3. The number of guanidine groups is 1. The second-order valence-electron chi connectivity index (χ2n) is 5.85. The molecule has 2 aromatic rings. The third-order valence-electron chi connectivity index (χ3n) is 4.21. The molecule has 7 heteroatoms. The molecule has 0 spiro atoms. The highest BCUT2D eigenvalue weighted by Crippen LogP contribution is 2.15. The van der Waals surface area contributed by atoms with Gasteiger partial charge in [-0.05, 0) is 19.1 Å². The average Bonchev–Trinajstić information content (AvgIpc) is 3.15. The Morgan fingerprint density at radius 2 is 1.92 bits per heavy atom. The molecular formula is C18H27IN6. The Morgan fingerprint density at radius 1 is 1.16 bits per heavy atom. The first kappa shape index (κ1) is 19.6. The number of nitrogens with one attached hydrogen (secondary N) is 1. The predicted octanol–water partition coefficient (Wildman–Crippen LogP) is 2.29. The van der Waals surface area contributed by atoms with Crippen LogP contribution in [0.4, 0.5) is 5.69 Å². The monoisotopic (exact) mass is 454 g/mol. The van der Waals surface area contributed by atoms with Gasteiger partial charge in [0.2, 0.25) is 0 Å². The third-order valence-corrected chi connectivity index (χ3v) is 4.21. The summed E-state index contributed by atoms with van der Waals surface area (Å²) in [6.07, 6.45) is 5.61. The maximum Gasteiger partial charge on any atom is 0.194 e. The summed E-state index contributed by atoms with van der Waals surface area (Å²) < 4.78 is 2.06. The smallest absolute Gasteiger partial charge is 0.194 e. The van der Waals surface area contributed by atoms with Crippen LogP contribution in [0.2, 0.25) is 0 Å². The fourth-order valence-electron chi connectivity index (χ4n) is 2.93. The normalized spacial score (nSPS) is 15.0. The molecule has 0 radical (unpaired) electrons. The Bertz CT molecular complexity index is 620. The van der Waals surface area contributed by atoms with E-state index in [-0.39, 0.29) is 24.0 Å². The second-order valence-corrected chi connectivity index (χ2v) is 5.85. The van der Waals surface area contributed by atoms with Crippen LogP contribution < -0.4 is 10.2 Å². The van der Waals surface area contributed by atoms with Crippen LogP contribution in [0, 0.1) is 0 Å². The number of benzene rings is 1. The van der Waals surface area contributed by atoms with Crippen LogP contribution in [-0.2, 0) is 6.54 Å². The van der Waals surface area contributed by atoms with Gasteiger partial charge in [0.05, 0.1) is 12.9 Å². The summed E-state index contributed by atoms with van der Waals surface area (Å²) in [6.45, 7) is 8.66. The average molecular weight is 454 g/mol. The molecule has 0 atom stereocenters. The van der Waals surface area contributed by atoms with Crippen molar-refractivity contribution in [2.75, 3.05) is 44.2 Å². The van der Waals surface area contributed by atoms with Crippen LogP contribution in [0.5, 0.6) is 0 Å². The summed E-state index contributed by atoms with van der Waals surface area (Å²) in [5.74, 6) is 1.02. The number of hydrogen-bond donors (Lipinski definition) is 1. The molecule has 1 aromatic carbocycles. The molecule has 0 saturated carbocycles. The molecule has 1 saturated heterocycles. The van der Waals surface area contributed by atoms with Crippen molar-refractivity contribution in [2.45, 2.75) is 13.5 Å². The lowest BCUT2D eigenvalue weighted by atomic mass is 10.2. The molecule has 25 heavy (non-hydrogen) atoms. The van der Waals surface area contributed by atoms with Gasteiger partial charge in [-0.25, -0.2) is 4.98 Å². The van der Waals surface area contributed by atoms with Gasteiger partial charge in [-0.3, -0.25) is 4.99 Å². The van der Waals surface area contributed by atoms with Gasteiger partial charge in [-0.2, -0.15) is 0 Å². The Labute approximate surface area is 167 Å². The van der Waals surface area contributed by atoms with E-state index >= 15 is 0 Å². The summed E-state index contributed by atoms with van der Waals surface area (Å²) in [7, 11) is 0. The predicted molar refractivity (Wildman–Crippen MR) is 114 cm³/mol. The largest absolute Gasteiger partial charge is 0.368 e. The molecule has 0 aliphatic carbocycles. The summed E-state index contributed by atoms with van der Waals surface area (Å²) >= 11 is 0. The van der Waals surface area contributed by atoms with Crippen LogP contribution in [0.25, 0.3) is 0 Å². The standard InChI is InChI=1S/C18H26N6.HI/c1-2-20-18(21-9-11-22-10-8-19-16-22)24-14-12-23(13-15-24)17-6-4-3-5-7-17;/h3-8,10,16H,2,9,11-15H2,1H3,(H,20,21);1H. The van der Waals surface area contributed by atoms with Crippen molar-refractivity contribution in [2.24, 2.45) is 4.99 Å². The van der Waals surface area contributed by atoms with Crippen LogP contribution in [0.15, 0.2) is 54.0 Å². The molecule has 6 nitrogen and oxygen atoms in total. The van der Waals surface area contributed by atoms with Gasteiger partial charge in [0, 0.05) is 57.3 Å². The van der Waals surface area contributed by atoms with Crippen LogP contribution in [0.3, 0.4) is 0 Å². The molecule has 2 heterocycles. The number of rotatable bonds is 5. The van der Waals surface area contributed by atoms with Crippen molar-refractivity contribution in [3.63, 3.8) is 0 Å². The van der Waals surface area contributed by atoms with Crippen molar-refractivity contribution in [3.05, 3.63) is 49.1 Å². The van der Waals surface area contributed by atoms with Crippen molar-refractivity contribution in [3.8, 4) is 0 Å². The molecule has 0 unspecified atom stereocenters. The zero-order valence-electron chi connectivity index (χ0n) is 14.7. The second kappa shape index (κ2) is 10.3. The molecule has 136 valence electrons. The number of piperazine rings is 1. The molecule has 1 aliphatic rings. The highest BCUT2D eigenvalue weighted by atomic mass is 127. The van der Waals surface area contributed by atoms with Crippen molar-refractivity contribution < 1.29 is 0 Å². The fourth-order valence-corrected chi connectivity index (χ4v) is 2.93. The minimum Gasteiger partial charge on any atom is -0.368 e. The quantitative estimate of drug-likeness (QED) is 0.428. The van der Waals surface area contributed by atoms with Gasteiger partial charge in [-0.15, -0.1) is 24.0 Å². The maximum atomic E-state index is 4.77. The van der Waals surface area contributed by atoms with E-state index in [0.29, 0.717) is 0 Å². The summed E-state index contributed by atoms with van der Waals surface area (Å²) in [4.78, 5) is 13.6. The molecule has 0 bridgehead atoms. The Balaban J connectivity index is 0.00000225. The van der Waals surface area contributed by atoms with Gasteiger partial charge in [0.1, 0.15) is 0 Å². The summed E-state index contributed by atoms with van der Waals surface area (Å²) in [5, 5.41) is 3.42. The third kappa shape index (κ3) is 5.62. The number of anilines is 1. The Morgan fingerprint density at radius 3 is 2.56 bits per heavy atom. The molecule has 1 aromatic heterocycles. The molecular weight excluding hydrogens is 427 g/mol. The minimum atomic E-state index is 0. The maximum absolute atomic E-state index is 4.77. The van der Waals surface area contributed by atoms with E-state index in [0.717, 1.165) is 51.8 Å². The van der Waals surface area contributed by atoms with Gasteiger partial charge in [0.15, 0.2) is 5.96 Å². The lowest BCUT2D eigenvalue weighted by molar-refractivity contribution is 0.372. The number of imidazole rings is 1. The van der Waals surface area contributed by atoms with Crippen molar-refractivity contribution in [1.82, 2.24) is 19.8 Å². The zero-order valence-corrected chi connectivity index (χ0v) is 17.0. The summed E-state index contributed by atoms with van der Waals surface area (Å²) in [5.41, 5.74) is 1.30. The van der Waals surface area contributed by atoms with E-state index in [1.807, 2.05) is 12.5 Å².